The van der Waals surface area contributed by atoms with Gasteiger partial charge in [0.2, 0.25) is 0 Å². The molecule has 0 heterocycles. The van der Waals surface area contributed by atoms with Gasteiger partial charge in [-0.2, -0.15) is 0 Å². The predicted molar refractivity (Wildman–Crippen MR) is 28.4 cm³/mol. The minimum Gasteiger partial charge on any atom is -0.228 e. The minimum absolute atomic E-state index is 0.156. The fraction of sp³-hybridized carbons (Fsp3) is 0.750. The van der Waals surface area contributed by atoms with Crippen molar-refractivity contribution in [2.75, 3.05) is 5.75 Å². The number of hydrogen-bond donors (Lipinski definition) is 0. The van der Waals surface area contributed by atoms with E-state index in [4.69, 9.17) is 0 Å². The van der Waals surface area contributed by atoms with Gasteiger partial charge in [0.25, 0.3) is 0 Å². The molecule has 0 aliphatic heterocycles. The van der Waals surface area contributed by atoms with E-state index in [-0.39, 0.29) is 5.75 Å². The molecule has 0 saturated carbocycles. The van der Waals surface area contributed by atoms with Gasteiger partial charge >= 0.3 is 0 Å². The highest BCUT2D eigenvalue weighted by Crippen LogP contribution is 1.90. The molecule has 0 aliphatic carbocycles. The Morgan fingerprint density at radius 3 is 2.00 bits per heavy atom. The Morgan fingerprint density at radius 1 is 1.57 bits per heavy atom. The summed E-state index contributed by atoms with van der Waals surface area (Å²) >= 11 is 0. The molecule has 2 nitrogen and oxygen atoms in total. The van der Waals surface area contributed by atoms with Crippen molar-refractivity contribution < 1.29 is 8.42 Å². The van der Waals surface area contributed by atoms with Crippen LogP contribution in [-0.4, -0.2) is 14.2 Å². The van der Waals surface area contributed by atoms with Crippen LogP contribution in [-0.2, 0) is 9.84 Å². The first-order valence-corrected chi connectivity index (χ1v) is 3.69. The van der Waals surface area contributed by atoms with Crippen LogP contribution in [0.4, 0.5) is 0 Å². The average molecular weight is 120 g/mol. The molecule has 0 bridgehead atoms. The minimum atomic E-state index is -2.91. The van der Waals surface area contributed by atoms with Gasteiger partial charge in [-0.05, 0) is 6.92 Å². The molecule has 0 N–H and O–H groups in total. The highest BCUT2D eigenvalue weighted by molar-refractivity contribution is 7.93. The monoisotopic (exact) mass is 120 g/mol. The molecule has 0 unspecified atom stereocenters. The molecule has 0 fully saturated rings. The lowest BCUT2D eigenvalue weighted by Crippen LogP contribution is -1.99. The molecule has 0 aliphatic rings. The second-order valence-electron chi connectivity index (χ2n) is 1.11. The first-order valence-electron chi connectivity index (χ1n) is 2.03. The summed E-state index contributed by atoms with van der Waals surface area (Å²) in [5.41, 5.74) is 0. The Balaban J connectivity index is 3.89. The van der Waals surface area contributed by atoms with Crippen LogP contribution in [0.3, 0.4) is 0 Å². The zero-order chi connectivity index (χ0) is 5.91. The largest absolute Gasteiger partial charge is 0.228 e. The van der Waals surface area contributed by atoms with Gasteiger partial charge in [-0.25, -0.2) is 8.42 Å². The van der Waals surface area contributed by atoms with Crippen LogP contribution >= 0.6 is 0 Å². The molecular formula is C4H8O2S. The van der Waals surface area contributed by atoms with Gasteiger partial charge in [0.15, 0.2) is 9.84 Å². The molecule has 3 heteroatoms. The second kappa shape index (κ2) is 2.31. The predicted octanol–water partition coefficient (Wildman–Crippen LogP) is 0.480. The van der Waals surface area contributed by atoms with Crippen molar-refractivity contribution in [3.05, 3.63) is 5.75 Å². The molecule has 0 rings (SSSR count). The molecule has 2 radical (unpaired) electrons. The van der Waals surface area contributed by atoms with Gasteiger partial charge in [-0.15, -0.1) is 0 Å². The van der Waals surface area contributed by atoms with Gasteiger partial charge in [0.1, 0.15) is 5.75 Å². The molecule has 0 spiro atoms. The third kappa shape index (κ3) is 2.62. The van der Waals surface area contributed by atoms with E-state index in [0.29, 0.717) is 0 Å². The highest BCUT2D eigenvalue weighted by atomic mass is 32.2. The molecule has 42 valence electrons. The molecule has 0 atom stereocenters. The van der Waals surface area contributed by atoms with Crippen molar-refractivity contribution in [1.82, 2.24) is 0 Å². The van der Waals surface area contributed by atoms with Crippen LogP contribution in [0.15, 0.2) is 0 Å². The smallest absolute Gasteiger partial charge is 0.158 e. The zero-order valence-electron chi connectivity index (χ0n) is 4.43. The maximum Gasteiger partial charge on any atom is 0.158 e. The van der Waals surface area contributed by atoms with Crippen molar-refractivity contribution in [2.45, 2.75) is 13.8 Å². The van der Waals surface area contributed by atoms with Crippen molar-refractivity contribution >= 4 is 9.84 Å². The molecule has 7 heavy (non-hydrogen) atoms. The Kier molecular flexibility index (Phi) is 2.29. The maximum absolute atomic E-state index is 10.3. The summed E-state index contributed by atoms with van der Waals surface area (Å²) in [4.78, 5) is 0. The maximum atomic E-state index is 10.3. The van der Waals surface area contributed by atoms with Crippen LogP contribution in [0.5, 0.6) is 0 Å². The highest BCUT2D eigenvalue weighted by Gasteiger charge is 2.00. The summed E-state index contributed by atoms with van der Waals surface area (Å²) in [5, 5.41) is 0. The summed E-state index contributed by atoms with van der Waals surface area (Å²) in [6, 6.07) is 0. The molecule has 0 aromatic rings. The van der Waals surface area contributed by atoms with E-state index in [9.17, 15) is 8.42 Å². The standard InChI is InChI=1S/C4H8O2S/c1-3-7(5,6)4-2/h3H2,1-2H3. The molecular weight excluding hydrogens is 112 g/mol. The fourth-order valence-electron chi connectivity index (χ4n) is 0.144. The van der Waals surface area contributed by atoms with Gasteiger partial charge in [-0.3, -0.25) is 0 Å². The van der Waals surface area contributed by atoms with E-state index in [1.54, 1.807) is 6.92 Å². The topological polar surface area (TPSA) is 34.1 Å². The fourth-order valence-corrected chi connectivity index (χ4v) is 0.433. The average Bonchev–Trinajstić information content (AvgIpc) is 1.68. The van der Waals surface area contributed by atoms with Crippen molar-refractivity contribution in [3.63, 3.8) is 0 Å². The first-order chi connectivity index (χ1) is 3.12. The van der Waals surface area contributed by atoms with E-state index in [1.165, 1.54) is 6.92 Å². The summed E-state index contributed by atoms with van der Waals surface area (Å²) in [7, 11) is -2.91. The zero-order valence-corrected chi connectivity index (χ0v) is 5.25. The van der Waals surface area contributed by atoms with Gasteiger partial charge in [-0.1, -0.05) is 6.92 Å². The first kappa shape index (κ1) is 6.95. The van der Waals surface area contributed by atoms with Crippen LogP contribution in [0.25, 0.3) is 0 Å². The van der Waals surface area contributed by atoms with Crippen LogP contribution in [0.2, 0.25) is 0 Å². The summed E-state index contributed by atoms with van der Waals surface area (Å²) in [6.45, 7) is 2.99. The van der Waals surface area contributed by atoms with E-state index in [2.05, 4.69) is 5.75 Å². The number of sulfone groups is 1. The van der Waals surface area contributed by atoms with Crippen molar-refractivity contribution in [2.24, 2.45) is 0 Å². The quantitative estimate of drug-likeness (QED) is 0.531. The Bertz CT molecular complexity index is 113. The summed E-state index contributed by atoms with van der Waals surface area (Å²) < 4.78 is 20.5. The lowest BCUT2D eigenvalue weighted by molar-refractivity contribution is 0.602. The van der Waals surface area contributed by atoms with E-state index < -0.39 is 9.84 Å². The third-order valence-corrected chi connectivity index (χ3v) is 2.07. The van der Waals surface area contributed by atoms with Crippen molar-refractivity contribution in [1.29, 1.82) is 0 Å². The molecule has 0 aromatic heterocycles. The second-order valence-corrected chi connectivity index (χ2v) is 3.32. The SMILES string of the molecule is C[C]S(=O)(=O)CC. The Labute approximate surface area is 44.5 Å². The molecule has 0 aromatic carbocycles. The van der Waals surface area contributed by atoms with Gasteiger partial charge < -0.3 is 0 Å². The van der Waals surface area contributed by atoms with E-state index in [1.807, 2.05) is 0 Å². The van der Waals surface area contributed by atoms with Gasteiger partial charge in [0.05, 0.1) is 0 Å². The lowest BCUT2D eigenvalue weighted by Gasteiger charge is -1.87. The number of hydrogen-bond acceptors (Lipinski definition) is 2. The Hall–Kier alpha value is -0.0500. The third-order valence-electron chi connectivity index (χ3n) is 0.691. The van der Waals surface area contributed by atoms with Crippen molar-refractivity contribution in [3.8, 4) is 0 Å². The Morgan fingerprint density at radius 2 is 2.00 bits per heavy atom. The normalized spacial score (nSPS) is 11.7. The van der Waals surface area contributed by atoms with Crippen LogP contribution < -0.4 is 0 Å². The van der Waals surface area contributed by atoms with E-state index in [0.717, 1.165) is 0 Å². The van der Waals surface area contributed by atoms with E-state index >= 15 is 0 Å². The van der Waals surface area contributed by atoms with Crippen LogP contribution in [0.1, 0.15) is 13.8 Å². The van der Waals surface area contributed by atoms with Gasteiger partial charge in [0, 0.05) is 5.75 Å². The summed E-state index contributed by atoms with van der Waals surface area (Å²) in [5.74, 6) is 2.32. The number of rotatable bonds is 2. The van der Waals surface area contributed by atoms with Crippen LogP contribution in [0, 0.1) is 5.75 Å². The molecule has 0 amide bonds. The molecule has 0 saturated heterocycles. The summed E-state index contributed by atoms with van der Waals surface area (Å²) in [6.07, 6.45) is 0. The lowest BCUT2D eigenvalue weighted by atomic mass is 11.0.